The van der Waals surface area contributed by atoms with E-state index >= 15 is 0 Å². The van der Waals surface area contributed by atoms with Gasteiger partial charge in [-0.2, -0.15) is 0 Å². The molecule has 8 nitrogen and oxygen atoms in total. The van der Waals surface area contributed by atoms with Gasteiger partial charge in [0.15, 0.2) is 6.29 Å². The van der Waals surface area contributed by atoms with Gasteiger partial charge < -0.3 is 24.6 Å². The summed E-state index contributed by atoms with van der Waals surface area (Å²) in [4.78, 5) is 26.5. The number of aliphatic hydroxyl groups excluding tert-OH is 1. The summed E-state index contributed by atoms with van der Waals surface area (Å²) in [6, 6.07) is 8.74. The largest absolute Gasteiger partial charge is 0.445 e. The van der Waals surface area contributed by atoms with Crippen LogP contribution in [0, 0.1) is 0 Å². The molecule has 3 atom stereocenters. The molecule has 0 radical (unpaired) electrons. The zero-order valence-corrected chi connectivity index (χ0v) is 15.2. The maximum Gasteiger partial charge on any atom is 0.410 e. The third-order valence-corrected chi connectivity index (χ3v) is 4.42. The summed E-state index contributed by atoms with van der Waals surface area (Å²) in [5, 5.41) is 12.3. The Morgan fingerprint density at radius 3 is 2.85 bits per heavy atom. The van der Waals surface area contributed by atoms with Gasteiger partial charge in [0.05, 0.1) is 5.70 Å². The van der Waals surface area contributed by atoms with Crippen LogP contribution in [-0.2, 0) is 25.6 Å². The van der Waals surface area contributed by atoms with E-state index in [1.165, 1.54) is 11.0 Å². The number of nitrogens with one attached hydrogen (secondary N) is 1. The molecule has 2 aliphatic rings. The number of hydrogen-bond acceptors (Lipinski definition) is 6. The molecule has 3 rings (SSSR count). The normalized spacial score (nSPS) is 24.6. The van der Waals surface area contributed by atoms with Gasteiger partial charge in [-0.05, 0) is 31.4 Å². The fourth-order valence-corrected chi connectivity index (χ4v) is 3.14. The topological polar surface area (TPSA) is 97.3 Å². The zero-order valence-electron chi connectivity index (χ0n) is 15.2. The van der Waals surface area contributed by atoms with E-state index in [2.05, 4.69) is 5.32 Å². The van der Waals surface area contributed by atoms with Crippen LogP contribution in [0.25, 0.3) is 0 Å². The van der Waals surface area contributed by atoms with Crippen molar-refractivity contribution in [1.29, 1.82) is 0 Å². The lowest BCUT2D eigenvalue weighted by molar-refractivity contribution is -0.176. The van der Waals surface area contributed by atoms with Crippen LogP contribution in [-0.4, -0.2) is 53.8 Å². The molecule has 0 aromatic heterocycles. The highest BCUT2D eigenvalue weighted by atomic mass is 16.7. The van der Waals surface area contributed by atoms with Gasteiger partial charge in [0, 0.05) is 13.2 Å². The van der Waals surface area contributed by atoms with Gasteiger partial charge in [-0.15, -0.1) is 0 Å². The summed E-state index contributed by atoms with van der Waals surface area (Å²) in [7, 11) is 0. The molecule has 0 spiro atoms. The molecule has 1 aromatic rings. The van der Waals surface area contributed by atoms with Crippen molar-refractivity contribution < 1.29 is 28.9 Å². The number of benzene rings is 1. The van der Waals surface area contributed by atoms with Crippen LogP contribution in [0.15, 0.2) is 42.1 Å². The summed E-state index contributed by atoms with van der Waals surface area (Å²) in [6.07, 6.45) is 0.162. The summed E-state index contributed by atoms with van der Waals surface area (Å²) < 4.78 is 15.8. The maximum atomic E-state index is 12.7. The average Bonchev–Trinajstić information content (AvgIpc) is 3.28. The lowest BCUT2D eigenvalue weighted by atomic mass is 10.2. The third kappa shape index (κ3) is 4.85. The van der Waals surface area contributed by atoms with Crippen molar-refractivity contribution in [3.8, 4) is 0 Å². The Labute approximate surface area is 157 Å². The predicted octanol–water partition coefficient (Wildman–Crippen LogP) is 1.50. The first kappa shape index (κ1) is 19.3. The van der Waals surface area contributed by atoms with Gasteiger partial charge in [0.2, 0.25) is 12.2 Å². The second kappa shape index (κ2) is 8.98. The highest BCUT2D eigenvalue weighted by Gasteiger charge is 2.37. The average molecular weight is 376 g/mol. The highest BCUT2D eigenvalue weighted by Crippen LogP contribution is 2.22. The van der Waals surface area contributed by atoms with E-state index in [-0.39, 0.29) is 12.5 Å². The van der Waals surface area contributed by atoms with Crippen molar-refractivity contribution in [3.63, 3.8) is 0 Å². The number of aliphatic hydroxyl groups is 1. The summed E-state index contributed by atoms with van der Waals surface area (Å²) in [5.41, 5.74) is 1.23. The second-order valence-corrected chi connectivity index (χ2v) is 6.32. The van der Waals surface area contributed by atoms with Crippen molar-refractivity contribution in [3.05, 3.63) is 47.7 Å². The van der Waals surface area contributed by atoms with Crippen LogP contribution in [0.4, 0.5) is 4.79 Å². The van der Waals surface area contributed by atoms with Crippen molar-refractivity contribution in [2.24, 2.45) is 0 Å². The van der Waals surface area contributed by atoms with Gasteiger partial charge in [-0.1, -0.05) is 30.3 Å². The summed E-state index contributed by atoms with van der Waals surface area (Å²) >= 11 is 0. The number of hydrogen-bond donors (Lipinski definition) is 2. The number of carbonyl (C=O) groups excluding carboxylic acids is 2. The lowest BCUT2D eigenvalue weighted by Gasteiger charge is -2.24. The highest BCUT2D eigenvalue weighted by molar-refractivity contribution is 5.87. The maximum absolute atomic E-state index is 12.7. The quantitative estimate of drug-likeness (QED) is 0.781. The molecular formula is C19H24N2O6. The molecule has 2 N–H and O–H groups in total. The predicted molar refractivity (Wildman–Crippen MR) is 95.1 cm³/mol. The van der Waals surface area contributed by atoms with E-state index in [9.17, 15) is 14.7 Å². The molecule has 1 aromatic carbocycles. The van der Waals surface area contributed by atoms with Gasteiger partial charge >= 0.3 is 6.09 Å². The fraction of sp³-hybridized carbons (Fsp3) is 0.474. The Hall–Kier alpha value is -2.42. The monoisotopic (exact) mass is 376 g/mol. The van der Waals surface area contributed by atoms with E-state index < -0.39 is 24.7 Å². The van der Waals surface area contributed by atoms with E-state index in [4.69, 9.17) is 14.2 Å². The Morgan fingerprint density at radius 1 is 1.33 bits per heavy atom. The minimum absolute atomic E-state index is 0.155. The molecular weight excluding hydrogens is 352 g/mol. The lowest BCUT2D eigenvalue weighted by Crippen LogP contribution is -2.46. The smallest absolute Gasteiger partial charge is 0.410 e. The van der Waals surface area contributed by atoms with E-state index in [1.54, 1.807) is 6.92 Å². The Bertz CT molecular complexity index is 693. The number of likely N-dealkylation sites (tertiary alicyclic amines) is 1. The van der Waals surface area contributed by atoms with E-state index in [0.29, 0.717) is 31.7 Å². The van der Waals surface area contributed by atoms with E-state index in [1.807, 2.05) is 30.3 Å². The Morgan fingerprint density at radius 2 is 2.11 bits per heavy atom. The molecule has 8 heteroatoms. The van der Waals surface area contributed by atoms with Crippen LogP contribution in [0.1, 0.15) is 25.3 Å². The molecule has 2 amide bonds. The van der Waals surface area contributed by atoms with Crippen LogP contribution >= 0.6 is 0 Å². The summed E-state index contributed by atoms with van der Waals surface area (Å²) in [5.74, 6) is -0.349. The number of carbonyl (C=O) groups is 2. The van der Waals surface area contributed by atoms with Crippen LogP contribution < -0.4 is 5.32 Å². The minimum atomic E-state index is -1.13. The van der Waals surface area contributed by atoms with Crippen LogP contribution in [0.2, 0.25) is 0 Å². The first-order valence-electron chi connectivity index (χ1n) is 9.03. The van der Waals surface area contributed by atoms with Crippen molar-refractivity contribution in [2.45, 2.75) is 45.0 Å². The van der Waals surface area contributed by atoms with Crippen LogP contribution in [0.5, 0.6) is 0 Å². The molecule has 27 heavy (non-hydrogen) atoms. The Kier molecular flexibility index (Phi) is 6.44. The molecule has 146 valence electrons. The van der Waals surface area contributed by atoms with Crippen molar-refractivity contribution >= 4 is 12.0 Å². The molecule has 3 unspecified atom stereocenters. The van der Waals surface area contributed by atoms with Gasteiger partial charge in [-0.3, -0.25) is 9.69 Å². The fourth-order valence-electron chi connectivity index (χ4n) is 3.14. The minimum Gasteiger partial charge on any atom is -0.445 e. The molecule has 2 aliphatic heterocycles. The molecule has 0 bridgehead atoms. The molecule has 0 aliphatic carbocycles. The first-order chi connectivity index (χ1) is 13.1. The number of ether oxygens (including phenoxy) is 3. The van der Waals surface area contributed by atoms with Gasteiger partial charge in [-0.25, -0.2) is 4.79 Å². The Balaban J connectivity index is 1.57. The number of nitrogens with zero attached hydrogens (tertiary/aromatic N) is 1. The molecule has 2 heterocycles. The zero-order chi connectivity index (χ0) is 19.2. The molecule has 1 fully saturated rings. The molecule has 1 saturated heterocycles. The SMILES string of the molecule is CCOC1OC(O)C=C1NC(=O)C1CCCN1C(=O)OCc1ccccc1. The van der Waals surface area contributed by atoms with Crippen molar-refractivity contribution in [1.82, 2.24) is 10.2 Å². The summed E-state index contributed by atoms with van der Waals surface area (Å²) in [6.45, 7) is 2.77. The van der Waals surface area contributed by atoms with Crippen LogP contribution in [0.3, 0.4) is 0 Å². The number of rotatable bonds is 6. The second-order valence-electron chi connectivity index (χ2n) is 6.32. The standard InChI is InChI=1S/C19H24N2O6/c1-2-25-18-14(11-16(22)27-18)20-17(23)15-9-6-10-21(15)19(24)26-12-13-7-4-3-5-8-13/h3-5,7-8,11,15-16,18,22H,2,6,9-10,12H2,1H3,(H,20,23). The van der Waals surface area contributed by atoms with E-state index in [0.717, 1.165) is 5.56 Å². The number of amides is 2. The van der Waals surface area contributed by atoms with Gasteiger partial charge in [0.25, 0.3) is 0 Å². The van der Waals surface area contributed by atoms with Crippen molar-refractivity contribution in [2.75, 3.05) is 13.2 Å². The third-order valence-electron chi connectivity index (χ3n) is 4.42. The molecule has 0 saturated carbocycles. The first-order valence-corrected chi connectivity index (χ1v) is 9.03. The van der Waals surface area contributed by atoms with Gasteiger partial charge in [0.1, 0.15) is 12.6 Å².